The molecule has 0 unspecified atom stereocenters. The molecule has 0 heterocycles. The van der Waals surface area contributed by atoms with Gasteiger partial charge in [-0.15, -0.1) is 0 Å². The van der Waals surface area contributed by atoms with Crippen LogP contribution in [0.5, 0.6) is 0 Å². The fraction of sp³-hybridized carbons (Fsp3) is 0.385. The molecule has 0 saturated carbocycles. The molecule has 0 aliphatic rings. The summed E-state index contributed by atoms with van der Waals surface area (Å²) in [7, 11) is 0. The molecule has 0 spiro atoms. The van der Waals surface area contributed by atoms with Gasteiger partial charge in [0.1, 0.15) is 12.6 Å². The average molecular weight is 304 g/mol. The molecule has 1 rings (SSSR count). The Morgan fingerprint density at radius 1 is 1.24 bits per heavy atom. The third-order valence-corrected chi connectivity index (χ3v) is 2.46. The van der Waals surface area contributed by atoms with E-state index in [1.807, 2.05) is 0 Å². The molecule has 0 fully saturated rings. The number of halogens is 3. The lowest BCUT2D eigenvalue weighted by molar-refractivity contribution is -0.174. The molecule has 0 bridgehead atoms. The Morgan fingerprint density at radius 2 is 1.86 bits per heavy atom. The first-order valence-electron chi connectivity index (χ1n) is 6.08. The van der Waals surface area contributed by atoms with Gasteiger partial charge in [-0.25, -0.2) is 0 Å². The van der Waals surface area contributed by atoms with Crippen molar-refractivity contribution in [2.24, 2.45) is 5.73 Å². The minimum Gasteiger partial charge on any atom is -0.372 e. The number of alkyl halides is 3. The van der Waals surface area contributed by atoms with Gasteiger partial charge in [0.05, 0.1) is 6.61 Å². The van der Waals surface area contributed by atoms with Crippen molar-refractivity contribution in [3.05, 3.63) is 35.9 Å². The van der Waals surface area contributed by atoms with Crippen LogP contribution < -0.4 is 11.1 Å². The van der Waals surface area contributed by atoms with Gasteiger partial charge in [0.25, 0.3) is 0 Å². The molecular formula is C13H15F3N2O3. The van der Waals surface area contributed by atoms with Crippen molar-refractivity contribution in [3.8, 4) is 0 Å². The maximum atomic E-state index is 11.8. The van der Waals surface area contributed by atoms with E-state index in [0.29, 0.717) is 5.56 Å². The summed E-state index contributed by atoms with van der Waals surface area (Å²) >= 11 is 0. The number of hydrogen-bond donors (Lipinski definition) is 2. The maximum Gasteiger partial charge on any atom is 0.411 e. The normalized spacial score (nSPS) is 12.7. The minimum atomic E-state index is -4.43. The van der Waals surface area contributed by atoms with Crippen molar-refractivity contribution >= 4 is 11.8 Å². The summed E-state index contributed by atoms with van der Waals surface area (Å²) in [6, 6.07) is 7.26. The fourth-order valence-corrected chi connectivity index (χ4v) is 1.55. The number of carbonyl (C=O) groups is 2. The van der Waals surface area contributed by atoms with Gasteiger partial charge in [0.2, 0.25) is 11.8 Å². The van der Waals surface area contributed by atoms with E-state index in [-0.39, 0.29) is 6.42 Å². The second-order valence-corrected chi connectivity index (χ2v) is 4.23. The van der Waals surface area contributed by atoms with Crippen molar-refractivity contribution < 1.29 is 27.5 Å². The first-order valence-corrected chi connectivity index (χ1v) is 6.08. The van der Waals surface area contributed by atoms with Crippen LogP contribution in [0.3, 0.4) is 0 Å². The van der Waals surface area contributed by atoms with E-state index in [9.17, 15) is 22.8 Å². The second kappa shape index (κ2) is 7.63. The number of nitrogens with one attached hydrogen (secondary N) is 1. The van der Waals surface area contributed by atoms with Gasteiger partial charge in [-0.2, -0.15) is 13.2 Å². The molecule has 0 aliphatic heterocycles. The Hall–Kier alpha value is -2.09. The zero-order valence-corrected chi connectivity index (χ0v) is 11.0. The largest absolute Gasteiger partial charge is 0.411 e. The van der Waals surface area contributed by atoms with Gasteiger partial charge in [0.15, 0.2) is 0 Å². The van der Waals surface area contributed by atoms with E-state index in [0.717, 1.165) is 0 Å². The molecule has 0 radical (unpaired) electrons. The van der Waals surface area contributed by atoms with Gasteiger partial charge in [-0.3, -0.25) is 9.59 Å². The Balaban J connectivity index is 2.46. The predicted octanol–water partition coefficient (Wildman–Crippen LogP) is 1.30. The monoisotopic (exact) mass is 304 g/mol. The summed E-state index contributed by atoms with van der Waals surface area (Å²) in [5.41, 5.74) is 5.69. The summed E-state index contributed by atoms with van der Waals surface area (Å²) in [5, 5.41) is 2.36. The first kappa shape index (κ1) is 17.0. The number of primary amides is 1. The van der Waals surface area contributed by atoms with Crippen molar-refractivity contribution in [2.75, 3.05) is 13.2 Å². The summed E-state index contributed by atoms with van der Waals surface area (Å²) in [4.78, 5) is 22.9. The fourth-order valence-electron chi connectivity index (χ4n) is 1.55. The number of amides is 2. The zero-order chi connectivity index (χ0) is 15.9. The highest BCUT2D eigenvalue weighted by molar-refractivity contribution is 5.87. The Kier molecular flexibility index (Phi) is 6.16. The molecule has 116 valence electrons. The average Bonchev–Trinajstić information content (AvgIpc) is 2.40. The first-order chi connectivity index (χ1) is 9.79. The summed E-state index contributed by atoms with van der Waals surface area (Å²) in [6.07, 6.45) is -4.73. The molecule has 21 heavy (non-hydrogen) atoms. The van der Waals surface area contributed by atoms with E-state index in [2.05, 4.69) is 10.1 Å². The van der Waals surface area contributed by atoms with E-state index in [1.54, 1.807) is 30.3 Å². The van der Waals surface area contributed by atoms with Crippen molar-refractivity contribution in [3.63, 3.8) is 0 Å². The Morgan fingerprint density at radius 3 is 2.38 bits per heavy atom. The Bertz CT molecular complexity index is 477. The van der Waals surface area contributed by atoms with Crippen LogP contribution in [-0.4, -0.2) is 31.2 Å². The standard InChI is InChI=1S/C13H15F3N2O3/c14-13(15,16)8-21-7-6-10(19)18-11(12(17)20)9-4-2-1-3-5-9/h1-5,11H,6-8H2,(H2,17,20)(H,18,19)/t11-/m1/s1. The van der Waals surface area contributed by atoms with Crippen LogP contribution in [-0.2, 0) is 14.3 Å². The van der Waals surface area contributed by atoms with Gasteiger partial charge >= 0.3 is 6.18 Å². The maximum absolute atomic E-state index is 11.8. The van der Waals surface area contributed by atoms with E-state index in [1.165, 1.54) is 0 Å². The van der Waals surface area contributed by atoms with Crippen LogP contribution in [0, 0.1) is 0 Å². The smallest absolute Gasteiger partial charge is 0.372 e. The van der Waals surface area contributed by atoms with Crippen LogP contribution in [0.25, 0.3) is 0 Å². The highest BCUT2D eigenvalue weighted by atomic mass is 19.4. The lowest BCUT2D eigenvalue weighted by Gasteiger charge is -2.16. The summed E-state index contributed by atoms with van der Waals surface area (Å²) < 4.78 is 39.8. The third kappa shape index (κ3) is 6.75. The molecule has 8 heteroatoms. The Labute approximate surface area is 119 Å². The van der Waals surface area contributed by atoms with Crippen molar-refractivity contribution in [1.29, 1.82) is 0 Å². The zero-order valence-electron chi connectivity index (χ0n) is 11.0. The SMILES string of the molecule is NC(=O)[C@H](NC(=O)CCOCC(F)(F)F)c1ccccc1. The molecule has 0 aromatic heterocycles. The summed E-state index contributed by atoms with van der Waals surface area (Å²) in [6.45, 7) is -1.82. The van der Waals surface area contributed by atoms with Crippen LogP contribution in [0.4, 0.5) is 13.2 Å². The molecule has 3 N–H and O–H groups in total. The van der Waals surface area contributed by atoms with Crippen LogP contribution in [0.2, 0.25) is 0 Å². The lowest BCUT2D eigenvalue weighted by atomic mass is 10.1. The number of hydrogen-bond acceptors (Lipinski definition) is 3. The molecular weight excluding hydrogens is 289 g/mol. The lowest BCUT2D eigenvalue weighted by Crippen LogP contribution is -2.37. The third-order valence-electron chi connectivity index (χ3n) is 2.46. The van der Waals surface area contributed by atoms with Gasteiger partial charge in [-0.05, 0) is 5.56 Å². The van der Waals surface area contributed by atoms with Crippen molar-refractivity contribution in [2.45, 2.75) is 18.6 Å². The number of ether oxygens (including phenoxy) is 1. The molecule has 2 amide bonds. The molecule has 0 aliphatic carbocycles. The molecule has 1 aromatic carbocycles. The molecule has 1 atom stereocenters. The van der Waals surface area contributed by atoms with Crippen LogP contribution in [0.15, 0.2) is 30.3 Å². The molecule has 1 aromatic rings. The number of nitrogens with two attached hydrogens (primary N) is 1. The number of rotatable bonds is 7. The topological polar surface area (TPSA) is 81.4 Å². The second-order valence-electron chi connectivity index (χ2n) is 4.23. The van der Waals surface area contributed by atoms with E-state index >= 15 is 0 Å². The van der Waals surface area contributed by atoms with E-state index in [4.69, 9.17) is 5.73 Å². The van der Waals surface area contributed by atoms with Crippen molar-refractivity contribution in [1.82, 2.24) is 5.32 Å². The van der Waals surface area contributed by atoms with Gasteiger partial charge in [-0.1, -0.05) is 30.3 Å². The highest BCUT2D eigenvalue weighted by Gasteiger charge is 2.27. The van der Waals surface area contributed by atoms with Gasteiger partial charge < -0.3 is 15.8 Å². The molecule has 5 nitrogen and oxygen atoms in total. The van der Waals surface area contributed by atoms with Crippen LogP contribution >= 0.6 is 0 Å². The number of benzene rings is 1. The van der Waals surface area contributed by atoms with E-state index < -0.39 is 37.2 Å². The summed E-state index contributed by atoms with van der Waals surface area (Å²) in [5.74, 6) is -1.38. The van der Waals surface area contributed by atoms with Gasteiger partial charge in [0, 0.05) is 6.42 Å². The molecule has 0 saturated heterocycles. The van der Waals surface area contributed by atoms with Crippen LogP contribution in [0.1, 0.15) is 18.0 Å². The quantitative estimate of drug-likeness (QED) is 0.745. The highest BCUT2D eigenvalue weighted by Crippen LogP contribution is 2.15. The predicted molar refractivity (Wildman–Crippen MR) is 68.0 cm³/mol. The number of carbonyl (C=O) groups excluding carboxylic acids is 2. The minimum absolute atomic E-state index is 0.299.